The summed E-state index contributed by atoms with van der Waals surface area (Å²) in [7, 11) is 0. The first-order chi connectivity index (χ1) is 13.7. The third kappa shape index (κ3) is 3.89. The molecule has 1 saturated heterocycles. The normalized spacial score (nSPS) is 16.2. The van der Waals surface area contributed by atoms with Crippen molar-refractivity contribution in [3.63, 3.8) is 0 Å². The van der Waals surface area contributed by atoms with Crippen molar-refractivity contribution in [2.75, 3.05) is 13.2 Å². The van der Waals surface area contributed by atoms with Crippen LogP contribution in [-0.2, 0) is 11.3 Å². The van der Waals surface area contributed by atoms with Gasteiger partial charge in [-0.2, -0.15) is 0 Å². The summed E-state index contributed by atoms with van der Waals surface area (Å²) in [6.07, 6.45) is 3.73. The van der Waals surface area contributed by atoms with Crippen molar-refractivity contribution in [3.8, 4) is 0 Å². The number of carbonyl (C=O) groups excluding carboxylic acids is 2. The van der Waals surface area contributed by atoms with Crippen LogP contribution in [0, 0.1) is 0 Å². The van der Waals surface area contributed by atoms with E-state index >= 15 is 0 Å². The van der Waals surface area contributed by atoms with Gasteiger partial charge < -0.3 is 15.4 Å². The molecule has 3 heterocycles. The second kappa shape index (κ2) is 8.22. The van der Waals surface area contributed by atoms with Gasteiger partial charge in [-0.3, -0.25) is 14.0 Å². The Labute approximate surface area is 162 Å². The predicted molar refractivity (Wildman–Crippen MR) is 104 cm³/mol. The summed E-state index contributed by atoms with van der Waals surface area (Å²) < 4.78 is 7.18. The molecule has 1 aromatic carbocycles. The molecule has 28 heavy (non-hydrogen) atoms. The van der Waals surface area contributed by atoms with E-state index in [1.165, 1.54) is 0 Å². The van der Waals surface area contributed by atoms with Crippen LogP contribution in [0.4, 0.5) is 0 Å². The summed E-state index contributed by atoms with van der Waals surface area (Å²) in [6.45, 7) is 1.57. The molecule has 0 bridgehead atoms. The third-order valence-corrected chi connectivity index (χ3v) is 4.78. The van der Waals surface area contributed by atoms with Crippen molar-refractivity contribution in [1.29, 1.82) is 0 Å². The van der Waals surface area contributed by atoms with Gasteiger partial charge in [0.15, 0.2) is 5.69 Å². The van der Waals surface area contributed by atoms with Crippen LogP contribution in [-0.4, -0.2) is 40.5 Å². The number of hydrogen-bond donors (Lipinski definition) is 2. The van der Waals surface area contributed by atoms with Crippen molar-refractivity contribution in [2.24, 2.45) is 0 Å². The van der Waals surface area contributed by atoms with E-state index < -0.39 is 0 Å². The molecular formula is C21H22N4O3. The fraction of sp³-hybridized carbons (Fsp3) is 0.286. The maximum Gasteiger partial charge on any atom is 0.287 e. The zero-order valence-corrected chi connectivity index (χ0v) is 15.4. The maximum absolute atomic E-state index is 12.7. The van der Waals surface area contributed by atoms with E-state index in [0.29, 0.717) is 18.6 Å². The number of hydrogen-bond acceptors (Lipinski definition) is 4. The van der Waals surface area contributed by atoms with Crippen LogP contribution >= 0.6 is 0 Å². The van der Waals surface area contributed by atoms with Crippen LogP contribution in [0.3, 0.4) is 0 Å². The molecule has 1 atom stereocenters. The Kier molecular flexibility index (Phi) is 5.34. The SMILES string of the molecule is O=C(NCc1ccccc1)c1nc(C(=O)NCC2CCCO2)n2ccccc12. The lowest BCUT2D eigenvalue weighted by Gasteiger charge is -2.10. The van der Waals surface area contributed by atoms with E-state index in [0.717, 1.165) is 25.0 Å². The second-order valence-corrected chi connectivity index (χ2v) is 6.75. The number of aromatic nitrogens is 2. The molecule has 1 unspecified atom stereocenters. The van der Waals surface area contributed by atoms with Crippen molar-refractivity contribution >= 4 is 17.3 Å². The minimum absolute atomic E-state index is 0.0452. The smallest absolute Gasteiger partial charge is 0.287 e. The molecule has 2 aromatic heterocycles. The Bertz CT molecular complexity index is 978. The van der Waals surface area contributed by atoms with Crippen LogP contribution in [0.15, 0.2) is 54.7 Å². The molecule has 0 radical (unpaired) electrons. The van der Waals surface area contributed by atoms with E-state index in [9.17, 15) is 9.59 Å². The highest BCUT2D eigenvalue weighted by Gasteiger charge is 2.23. The van der Waals surface area contributed by atoms with Crippen molar-refractivity contribution in [2.45, 2.75) is 25.5 Å². The quantitative estimate of drug-likeness (QED) is 0.689. The van der Waals surface area contributed by atoms with Crippen molar-refractivity contribution in [1.82, 2.24) is 20.0 Å². The Morgan fingerprint density at radius 2 is 1.89 bits per heavy atom. The molecule has 0 aliphatic carbocycles. The summed E-state index contributed by atoms with van der Waals surface area (Å²) in [5.41, 5.74) is 1.82. The van der Waals surface area contributed by atoms with Crippen LogP contribution in [0.2, 0.25) is 0 Å². The minimum Gasteiger partial charge on any atom is -0.376 e. The molecule has 1 aliphatic rings. The molecule has 7 heteroatoms. The number of imidazole rings is 1. The van der Waals surface area contributed by atoms with Crippen LogP contribution in [0.5, 0.6) is 0 Å². The fourth-order valence-electron chi connectivity index (χ4n) is 3.32. The molecule has 1 fully saturated rings. The highest BCUT2D eigenvalue weighted by molar-refractivity contribution is 6.02. The number of rotatable bonds is 6. The molecule has 0 spiro atoms. The van der Waals surface area contributed by atoms with Gasteiger partial charge in [0.05, 0.1) is 11.6 Å². The first kappa shape index (κ1) is 18.2. The van der Waals surface area contributed by atoms with Gasteiger partial charge in [-0.1, -0.05) is 36.4 Å². The zero-order chi connectivity index (χ0) is 19.3. The van der Waals surface area contributed by atoms with Crippen molar-refractivity contribution < 1.29 is 14.3 Å². The van der Waals surface area contributed by atoms with E-state index in [1.54, 1.807) is 22.7 Å². The zero-order valence-electron chi connectivity index (χ0n) is 15.4. The fourth-order valence-corrected chi connectivity index (χ4v) is 3.32. The number of pyridine rings is 1. The van der Waals surface area contributed by atoms with E-state index in [1.807, 2.05) is 36.4 Å². The lowest BCUT2D eigenvalue weighted by Crippen LogP contribution is -2.33. The predicted octanol–water partition coefficient (Wildman–Crippen LogP) is 2.17. The lowest BCUT2D eigenvalue weighted by atomic mass is 10.2. The summed E-state index contributed by atoms with van der Waals surface area (Å²) >= 11 is 0. The average molecular weight is 378 g/mol. The first-order valence-electron chi connectivity index (χ1n) is 9.41. The van der Waals surface area contributed by atoms with E-state index in [4.69, 9.17) is 4.74 Å². The molecule has 144 valence electrons. The topological polar surface area (TPSA) is 84.7 Å². The molecule has 4 rings (SSSR count). The number of fused-ring (bicyclic) bond motifs is 1. The molecule has 2 N–H and O–H groups in total. The first-order valence-corrected chi connectivity index (χ1v) is 9.41. The standard InChI is InChI=1S/C21H22N4O3/c26-20(22-13-15-7-2-1-3-8-15)18-17-10-4-5-11-25(17)19(24-18)21(27)23-14-16-9-6-12-28-16/h1-5,7-8,10-11,16H,6,9,12-14H2,(H,22,26)(H,23,27). The highest BCUT2D eigenvalue weighted by Crippen LogP contribution is 2.15. The number of carbonyl (C=O) groups is 2. The Morgan fingerprint density at radius 3 is 2.68 bits per heavy atom. The van der Waals surface area contributed by atoms with Gasteiger partial charge in [-0.15, -0.1) is 0 Å². The summed E-state index contributed by atoms with van der Waals surface area (Å²) in [5.74, 6) is -0.442. The average Bonchev–Trinajstić information content (AvgIpc) is 3.39. The lowest BCUT2D eigenvalue weighted by molar-refractivity contribution is 0.0848. The third-order valence-electron chi connectivity index (χ3n) is 4.78. The summed E-state index contributed by atoms with van der Waals surface area (Å²) in [6, 6.07) is 15.0. The van der Waals surface area contributed by atoms with E-state index in [-0.39, 0.29) is 29.4 Å². The molecule has 2 amide bonds. The van der Waals surface area contributed by atoms with Gasteiger partial charge in [0, 0.05) is 25.9 Å². The van der Waals surface area contributed by atoms with Gasteiger partial charge in [-0.25, -0.2) is 4.98 Å². The molecule has 7 nitrogen and oxygen atoms in total. The van der Waals surface area contributed by atoms with Gasteiger partial charge in [-0.05, 0) is 30.5 Å². The second-order valence-electron chi connectivity index (χ2n) is 6.75. The molecule has 0 saturated carbocycles. The van der Waals surface area contributed by atoms with Gasteiger partial charge >= 0.3 is 0 Å². The molecule has 1 aliphatic heterocycles. The number of nitrogens with one attached hydrogen (secondary N) is 2. The number of benzene rings is 1. The summed E-state index contributed by atoms with van der Waals surface area (Å²) in [5, 5.41) is 5.73. The monoisotopic (exact) mass is 378 g/mol. The van der Waals surface area contributed by atoms with Gasteiger partial charge in [0.25, 0.3) is 11.8 Å². The number of nitrogens with zero attached hydrogens (tertiary/aromatic N) is 2. The molecule has 3 aromatic rings. The Hall–Kier alpha value is -3.19. The van der Waals surface area contributed by atoms with Crippen molar-refractivity contribution in [3.05, 3.63) is 71.8 Å². The summed E-state index contributed by atoms with van der Waals surface area (Å²) in [4.78, 5) is 29.7. The van der Waals surface area contributed by atoms with Crippen LogP contribution in [0.1, 0.15) is 39.5 Å². The number of amides is 2. The van der Waals surface area contributed by atoms with Gasteiger partial charge in [0.1, 0.15) is 0 Å². The van der Waals surface area contributed by atoms with Gasteiger partial charge in [0.2, 0.25) is 5.82 Å². The number of ether oxygens (including phenoxy) is 1. The largest absolute Gasteiger partial charge is 0.376 e. The van der Waals surface area contributed by atoms with Crippen LogP contribution in [0.25, 0.3) is 5.52 Å². The highest BCUT2D eigenvalue weighted by atomic mass is 16.5. The molecular weight excluding hydrogens is 356 g/mol. The maximum atomic E-state index is 12.7. The van der Waals surface area contributed by atoms with Crippen LogP contribution < -0.4 is 10.6 Å². The Morgan fingerprint density at radius 1 is 1.07 bits per heavy atom. The Balaban J connectivity index is 1.52. The van der Waals surface area contributed by atoms with E-state index in [2.05, 4.69) is 15.6 Å². The minimum atomic E-state index is -0.321.